The summed E-state index contributed by atoms with van der Waals surface area (Å²) in [5.41, 5.74) is 2.52. The Bertz CT molecular complexity index is 361. The molecule has 0 aromatic heterocycles. The largest absolute Gasteiger partial charge is 0.374 e. The van der Waals surface area contributed by atoms with Gasteiger partial charge in [0.15, 0.2) is 0 Å². The molecule has 1 aromatic carbocycles. The summed E-state index contributed by atoms with van der Waals surface area (Å²) in [5, 5.41) is 0. The molecule has 1 fully saturated rings. The highest BCUT2D eigenvalue weighted by Crippen LogP contribution is 2.20. The lowest BCUT2D eigenvalue weighted by atomic mass is 9.96. The van der Waals surface area contributed by atoms with E-state index in [1.165, 1.54) is 11.1 Å². The molecule has 2 rings (SSSR count). The van der Waals surface area contributed by atoms with Gasteiger partial charge in [0.25, 0.3) is 0 Å². The minimum absolute atomic E-state index is 0.275. The fourth-order valence-electron chi connectivity index (χ4n) is 2.06. The van der Waals surface area contributed by atoms with Crippen molar-refractivity contribution in [2.75, 3.05) is 0 Å². The Morgan fingerprint density at radius 1 is 1.25 bits per heavy atom. The van der Waals surface area contributed by atoms with Gasteiger partial charge in [-0.05, 0) is 30.9 Å². The summed E-state index contributed by atoms with van der Waals surface area (Å²) in [6.07, 6.45) is 3.45. The summed E-state index contributed by atoms with van der Waals surface area (Å²) in [4.78, 5) is 11.1. The van der Waals surface area contributed by atoms with Crippen molar-refractivity contribution >= 4 is 5.78 Å². The molecule has 2 nitrogen and oxygen atoms in total. The van der Waals surface area contributed by atoms with Crippen molar-refractivity contribution in [1.82, 2.24) is 0 Å². The third-order valence-corrected chi connectivity index (χ3v) is 3.23. The molecule has 0 bridgehead atoms. The number of carbonyl (C=O) groups excluding carboxylic acids is 1. The van der Waals surface area contributed by atoms with Crippen LogP contribution in [0.15, 0.2) is 24.3 Å². The second-order valence-corrected chi connectivity index (χ2v) is 4.48. The van der Waals surface area contributed by atoms with Crippen molar-refractivity contribution in [3.63, 3.8) is 0 Å². The fourth-order valence-corrected chi connectivity index (χ4v) is 2.06. The zero-order valence-corrected chi connectivity index (χ0v) is 9.74. The van der Waals surface area contributed by atoms with Gasteiger partial charge < -0.3 is 4.74 Å². The van der Waals surface area contributed by atoms with Gasteiger partial charge in [0.05, 0.1) is 12.7 Å². The van der Waals surface area contributed by atoms with E-state index < -0.39 is 0 Å². The maximum Gasteiger partial charge on any atom is 0.133 e. The van der Waals surface area contributed by atoms with Crippen LogP contribution in [0.5, 0.6) is 0 Å². The Hall–Kier alpha value is -1.15. The number of carbonyl (C=O) groups is 1. The molecule has 86 valence electrons. The van der Waals surface area contributed by atoms with Crippen LogP contribution in [0.2, 0.25) is 0 Å². The van der Waals surface area contributed by atoms with Crippen LogP contribution in [0.25, 0.3) is 0 Å². The van der Waals surface area contributed by atoms with Gasteiger partial charge in [-0.1, -0.05) is 24.3 Å². The molecular formula is C14H18O2. The number of rotatable bonds is 3. The predicted molar refractivity (Wildman–Crippen MR) is 63.2 cm³/mol. The summed E-state index contributed by atoms with van der Waals surface area (Å²) in [6.45, 7) is 2.77. The summed E-state index contributed by atoms with van der Waals surface area (Å²) in [5.74, 6) is 0.385. The molecule has 0 aliphatic heterocycles. The number of hydrogen-bond acceptors (Lipinski definition) is 2. The first-order valence-electron chi connectivity index (χ1n) is 5.93. The van der Waals surface area contributed by atoms with Crippen LogP contribution in [0.4, 0.5) is 0 Å². The van der Waals surface area contributed by atoms with Crippen molar-refractivity contribution in [1.29, 1.82) is 0 Å². The molecule has 0 amide bonds. The van der Waals surface area contributed by atoms with E-state index in [-0.39, 0.29) is 6.10 Å². The first kappa shape index (κ1) is 11.3. The molecule has 1 aliphatic carbocycles. The summed E-state index contributed by atoms with van der Waals surface area (Å²) < 4.78 is 5.85. The van der Waals surface area contributed by atoms with Gasteiger partial charge >= 0.3 is 0 Å². The molecule has 1 saturated carbocycles. The lowest BCUT2D eigenvalue weighted by Crippen LogP contribution is -2.21. The second kappa shape index (κ2) is 5.26. The van der Waals surface area contributed by atoms with Gasteiger partial charge in [0.1, 0.15) is 5.78 Å². The van der Waals surface area contributed by atoms with Crippen molar-refractivity contribution < 1.29 is 9.53 Å². The number of ketones is 1. The Morgan fingerprint density at radius 3 is 2.62 bits per heavy atom. The van der Waals surface area contributed by atoms with Crippen LogP contribution in [0.1, 0.15) is 36.8 Å². The van der Waals surface area contributed by atoms with Crippen molar-refractivity contribution in [2.24, 2.45) is 0 Å². The number of hydrogen-bond donors (Lipinski definition) is 0. The molecule has 0 spiro atoms. The molecule has 0 unspecified atom stereocenters. The SMILES string of the molecule is Cc1ccccc1COC1CCC(=O)CC1. The molecular weight excluding hydrogens is 200 g/mol. The van der Waals surface area contributed by atoms with E-state index in [4.69, 9.17) is 4.74 Å². The monoisotopic (exact) mass is 218 g/mol. The van der Waals surface area contributed by atoms with Gasteiger partial charge in [0.2, 0.25) is 0 Å². The number of aryl methyl sites for hydroxylation is 1. The molecule has 0 atom stereocenters. The highest BCUT2D eigenvalue weighted by atomic mass is 16.5. The van der Waals surface area contributed by atoms with Crippen LogP contribution in [0, 0.1) is 6.92 Å². The van der Waals surface area contributed by atoms with E-state index in [0.717, 1.165) is 12.8 Å². The van der Waals surface area contributed by atoms with Crippen LogP contribution in [-0.4, -0.2) is 11.9 Å². The van der Waals surface area contributed by atoms with E-state index in [2.05, 4.69) is 19.1 Å². The smallest absolute Gasteiger partial charge is 0.133 e. The first-order valence-corrected chi connectivity index (χ1v) is 5.93. The summed E-state index contributed by atoms with van der Waals surface area (Å²) >= 11 is 0. The normalized spacial score (nSPS) is 17.7. The lowest BCUT2D eigenvalue weighted by molar-refractivity contribution is -0.123. The molecule has 0 saturated heterocycles. The van der Waals surface area contributed by atoms with Gasteiger partial charge in [-0.3, -0.25) is 4.79 Å². The quantitative estimate of drug-likeness (QED) is 0.779. The van der Waals surface area contributed by atoms with Crippen molar-refractivity contribution in [3.8, 4) is 0 Å². The van der Waals surface area contributed by atoms with E-state index in [9.17, 15) is 4.79 Å². The standard InChI is InChI=1S/C14H18O2/c1-11-4-2-3-5-12(11)10-16-14-8-6-13(15)7-9-14/h2-5,14H,6-10H2,1H3. The van der Waals surface area contributed by atoms with E-state index >= 15 is 0 Å². The number of benzene rings is 1. The van der Waals surface area contributed by atoms with E-state index in [1.807, 2.05) is 12.1 Å². The molecule has 1 aliphatic rings. The highest BCUT2D eigenvalue weighted by molar-refractivity contribution is 5.79. The number of ether oxygens (including phenoxy) is 1. The minimum atomic E-state index is 0.275. The van der Waals surface area contributed by atoms with Gasteiger partial charge in [-0.15, -0.1) is 0 Å². The molecule has 1 aromatic rings. The lowest BCUT2D eigenvalue weighted by Gasteiger charge is -2.21. The molecule has 16 heavy (non-hydrogen) atoms. The predicted octanol–water partition coefficient (Wildman–Crippen LogP) is 3.02. The zero-order chi connectivity index (χ0) is 11.4. The van der Waals surface area contributed by atoms with Crippen LogP contribution >= 0.6 is 0 Å². The highest BCUT2D eigenvalue weighted by Gasteiger charge is 2.18. The summed E-state index contributed by atoms with van der Waals surface area (Å²) in [6, 6.07) is 8.28. The average molecular weight is 218 g/mol. The van der Waals surface area contributed by atoms with Gasteiger partial charge in [-0.25, -0.2) is 0 Å². The average Bonchev–Trinajstić information content (AvgIpc) is 2.30. The van der Waals surface area contributed by atoms with Gasteiger partial charge in [-0.2, -0.15) is 0 Å². The number of Topliss-reactive ketones (excluding diaryl/α,β-unsaturated/α-hetero) is 1. The van der Waals surface area contributed by atoms with Crippen LogP contribution < -0.4 is 0 Å². The van der Waals surface area contributed by atoms with E-state index in [0.29, 0.717) is 25.2 Å². The molecule has 2 heteroatoms. The maximum absolute atomic E-state index is 11.1. The minimum Gasteiger partial charge on any atom is -0.374 e. The Labute approximate surface area is 96.6 Å². The Morgan fingerprint density at radius 2 is 1.94 bits per heavy atom. The second-order valence-electron chi connectivity index (χ2n) is 4.48. The van der Waals surface area contributed by atoms with Crippen molar-refractivity contribution in [2.45, 2.75) is 45.3 Å². The maximum atomic E-state index is 11.1. The topological polar surface area (TPSA) is 26.3 Å². The third kappa shape index (κ3) is 2.92. The van der Waals surface area contributed by atoms with Crippen molar-refractivity contribution in [3.05, 3.63) is 35.4 Å². The van der Waals surface area contributed by atoms with Gasteiger partial charge in [0, 0.05) is 12.8 Å². The zero-order valence-electron chi connectivity index (χ0n) is 9.74. The third-order valence-electron chi connectivity index (χ3n) is 3.23. The summed E-state index contributed by atoms with van der Waals surface area (Å²) in [7, 11) is 0. The Kier molecular flexibility index (Phi) is 3.73. The molecule has 0 radical (unpaired) electrons. The van der Waals surface area contributed by atoms with E-state index in [1.54, 1.807) is 0 Å². The van der Waals surface area contributed by atoms with Crippen LogP contribution in [-0.2, 0) is 16.1 Å². The fraction of sp³-hybridized carbons (Fsp3) is 0.500. The Balaban J connectivity index is 1.84. The first-order chi connectivity index (χ1) is 7.75. The van der Waals surface area contributed by atoms with Crippen LogP contribution in [0.3, 0.4) is 0 Å². The molecule has 0 heterocycles. The molecule has 0 N–H and O–H groups in total.